The molecule has 0 saturated heterocycles. The highest BCUT2D eigenvalue weighted by molar-refractivity contribution is 7.90. The summed E-state index contributed by atoms with van der Waals surface area (Å²) in [5, 5.41) is 18.1. The Kier molecular flexibility index (Phi) is 3.59. The van der Waals surface area contributed by atoms with E-state index in [9.17, 15) is 18.3 Å². The third-order valence-corrected chi connectivity index (χ3v) is 3.40. The second-order valence-electron chi connectivity index (χ2n) is 3.43. The number of benzene rings is 1. The number of aromatic hydroxyl groups is 1. The Morgan fingerprint density at radius 2 is 1.94 bits per heavy atom. The van der Waals surface area contributed by atoms with Crippen LogP contribution in [0.5, 0.6) is 5.75 Å². The van der Waals surface area contributed by atoms with E-state index >= 15 is 0 Å². The molecule has 0 amide bonds. The van der Waals surface area contributed by atoms with Crippen LogP contribution in [0, 0.1) is 0 Å². The highest BCUT2D eigenvalue weighted by atomic mass is 32.2. The first-order valence-corrected chi connectivity index (χ1v) is 5.94. The van der Waals surface area contributed by atoms with E-state index in [1.807, 2.05) is 0 Å². The molecule has 8 heteroatoms. The monoisotopic (exact) mass is 260 g/mol. The highest BCUT2D eigenvalue weighted by Gasteiger charge is 2.16. The predicted molar refractivity (Wildman–Crippen MR) is 61.3 cm³/mol. The van der Waals surface area contributed by atoms with Gasteiger partial charge in [-0.1, -0.05) is 0 Å². The third kappa shape index (κ3) is 3.08. The first-order chi connectivity index (χ1) is 7.74. The molecule has 0 aliphatic heterocycles. The maximum atomic E-state index is 11.5. The average molecular weight is 260 g/mol. The number of phenolic OH excluding ortho intramolecular Hbond substituents is 1. The highest BCUT2D eigenvalue weighted by Crippen LogP contribution is 2.25. The fourth-order valence-corrected chi connectivity index (χ4v) is 1.61. The van der Waals surface area contributed by atoms with Gasteiger partial charge < -0.3 is 10.2 Å². The number of carbonyl (C=O) groups is 1. The normalized spacial score (nSPS) is 11.5. The number of anilines is 1. The van der Waals surface area contributed by atoms with Crippen molar-refractivity contribution in [2.45, 2.75) is 0 Å². The van der Waals surface area contributed by atoms with Crippen molar-refractivity contribution >= 4 is 21.9 Å². The lowest BCUT2D eigenvalue weighted by atomic mass is 10.2. The molecule has 0 aromatic heterocycles. The van der Waals surface area contributed by atoms with Crippen molar-refractivity contribution in [2.75, 3.05) is 18.8 Å². The second kappa shape index (κ2) is 4.60. The molecule has 0 atom stereocenters. The standard InChI is InChI=1S/C9H12N2O5S/c1-11(2)17(15,16)10-7-4-3-6(9(13)14)5-8(7)12/h3-5,10,12H,1-2H3,(H,13,14). The van der Waals surface area contributed by atoms with Crippen molar-refractivity contribution < 1.29 is 23.4 Å². The molecule has 0 heterocycles. The van der Waals surface area contributed by atoms with Gasteiger partial charge in [0.25, 0.3) is 0 Å². The Morgan fingerprint density at radius 3 is 2.35 bits per heavy atom. The molecule has 0 unspecified atom stereocenters. The first kappa shape index (κ1) is 13.3. The summed E-state index contributed by atoms with van der Waals surface area (Å²) < 4.78 is 26.0. The van der Waals surface area contributed by atoms with Gasteiger partial charge in [0.05, 0.1) is 11.3 Å². The molecular formula is C9H12N2O5S. The summed E-state index contributed by atoms with van der Waals surface area (Å²) in [5.74, 6) is -1.65. The van der Waals surface area contributed by atoms with Crippen LogP contribution in [0.1, 0.15) is 10.4 Å². The molecule has 17 heavy (non-hydrogen) atoms. The fourth-order valence-electron chi connectivity index (χ4n) is 0.981. The lowest BCUT2D eigenvalue weighted by Crippen LogP contribution is -2.28. The van der Waals surface area contributed by atoms with Gasteiger partial charge in [0, 0.05) is 14.1 Å². The van der Waals surface area contributed by atoms with E-state index in [0.717, 1.165) is 10.4 Å². The van der Waals surface area contributed by atoms with Crippen molar-refractivity contribution in [1.29, 1.82) is 0 Å². The molecule has 94 valence electrons. The average Bonchev–Trinajstić information content (AvgIpc) is 2.20. The maximum Gasteiger partial charge on any atom is 0.335 e. The van der Waals surface area contributed by atoms with Gasteiger partial charge in [0.2, 0.25) is 0 Å². The van der Waals surface area contributed by atoms with Crippen LogP contribution in [-0.4, -0.2) is 43.0 Å². The minimum absolute atomic E-state index is 0.0799. The zero-order chi connectivity index (χ0) is 13.2. The molecule has 0 radical (unpaired) electrons. The number of carboxylic acid groups (broad SMARTS) is 1. The molecule has 7 nitrogen and oxygen atoms in total. The SMILES string of the molecule is CN(C)S(=O)(=O)Nc1ccc(C(=O)O)cc1O. The van der Waals surface area contributed by atoms with Gasteiger partial charge in [-0.15, -0.1) is 0 Å². The molecule has 0 bridgehead atoms. The van der Waals surface area contributed by atoms with Crippen LogP contribution >= 0.6 is 0 Å². The summed E-state index contributed by atoms with van der Waals surface area (Å²) in [6, 6.07) is 3.34. The lowest BCUT2D eigenvalue weighted by molar-refractivity contribution is 0.0696. The van der Waals surface area contributed by atoms with Crippen molar-refractivity contribution in [3.8, 4) is 5.75 Å². The Labute approximate surface area is 98.5 Å². The minimum atomic E-state index is -3.73. The molecule has 3 N–H and O–H groups in total. The Balaban J connectivity index is 3.06. The summed E-state index contributed by atoms with van der Waals surface area (Å²) in [5.41, 5.74) is -0.209. The van der Waals surface area contributed by atoms with Gasteiger partial charge in [0.1, 0.15) is 5.75 Å². The molecule has 1 aromatic rings. The molecular weight excluding hydrogens is 248 g/mol. The zero-order valence-electron chi connectivity index (χ0n) is 9.21. The molecule has 1 rings (SSSR count). The Hall–Kier alpha value is -1.80. The van der Waals surface area contributed by atoms with Crippen LogP contribution < -0.4 is 4.72 Å². The van der Waals surface area contributed by atoms with Gasteiger partial charge in [-0.2, -0.15) is 12.7 Å². The third-order valence-electron chi connectivity index (χ3n) is 1.96. The van der Waals surface area contributed by atoms with E-state index in [-0.39, 0.29) is 11.3 Å². The van der Waals surface area contributed by atoms with Crippen molar-refractivity contribution in [2.24, 2.45) is 0 Å². The maximum absolute atomic E-state index is 11.5. The van der Waals surface area contributed by atoms with Crippen LogP contribution in [0.3, 0.4) is 0 Å². The number of nitrogens with zero attached hydrogens (tertiary/aromatic N) is 1. The van der Waals surface area contributed by atoms with E-state index in [0.29, 0.717) is 0 Å². The molecule has 0 saturated carbocycles. The van der Waals surface area contributed by atoms with E-state index in [1.165, 1.54) is 26.2 Å². The van der Waals surface area contributed by atoms with Gasteiger partial charge >= 0.3 is 16.2 Å². The quantitative estimate of drug-likeness (QED) is 0.675. The Morgan fingerprint density at radius 1 is 1.35 bits per heavy atom. The van der Waals surface area contributed by atoms with Gasteiger partial charge in [-0.25, -0.2) is 4.79 Å². The van der Waals surface area contributed by atoms with Gasteiger partial charge in [0.15, 0.2) is 0 Å². The number of aromatic carboxylic acids is 1. The zero-order valence-corrected chi connectivity index (χ0v) is 10.0. The van der Waals surface area contributed by atoms with Crippen LogP contribution in [0.25, 0.3) is 0 Å². The second-order valence-corrected chi connectivity index (χ2v) is 5.31. The van der Waals surface area contributed by atoms with Gasteiger partial charge in [-0.05, 0) is 18.2 Å². The first-order valence-electron chi connectivity index (χ1n) is 4.50. The van der Waals surface area contributed by atoms with Crippen molar-refractivity contribution in [3.63, 3.8) is 0 Å². The van der Waals surface area contributed by atoms with Crippen LogP contribution in [0.15, 0.2) is 18.2 Å². The number of rotatable bonds is 4. The van der Waals surface area contributed by atoms with E-state index in [4.69, 9.17) is 5.11 Å². The molecule has 0 spiro atoms. The molecule has 1 aromatic carbocycles. The lowest BCUT2D eigenvalue weighted by Gasteiger charge is -2.14. The molecule has 0 fully saturated rings. The predicted octanol–water partition coefficient (Wildman–Crippen LogP) is 0.309. The van der Waals surface area contributed by atoms with E-state index in [1.54, 1.807) is 0 Å². The van der Waals surface area contributed by atoms with Crippen LogP contribution in [0.2, 0.25) is 0 Å². The summed E-state index contributed by atoms with van der Waals surface area (Å²) in [6.45, 7) is 0. The smallest absolute Gasteiger partial charge is 0.335 e. The number of hydrogen-bond donors (Lipinski definition) is 3. The minimum Gasteiger partial charge on any atom is -0.506 e. The summed E-state index contributed by atoms with van der Waals surface area (Å²) >= 11 is 0. The number of nitrogens with one attached hydrogen (secondary N) is 1. The van der Waals surface area contributed by atoms with Crippen LogP contribution in [-0.2, 0) is 10.2 Å². The van der Waals surface area contributed by atoms with Gasteiger partial charge in [-0.3, -0.25) is 4.72 Å². The number of hydrogen-bond acceptors (Lipinski definition) is 4. The van der Waals surface area contributed by atoms with E-state index < -0.39 is 21.9 Å². The van der Waals surface area contributed by atoms with E-state index in [2.05, 4.69) is 4.72 Å². The Bertz CT molecular complexity index is 538. The molecule has 0 aliphatic rings. The summed E-state index contributed by atoms with van der Waals surface area (Å²) in [4.78, 5) is 10.6. The summed E-state index contributed by atoms with van der Waals surface area (Å²) in [6.07, 6.45) is 0. The summed E-state index contributed by atoms with van der Waals surface area (Å²) in [7, 11) is -1.08. The van der Waals surface area contributed by atoms with Crippen molar-refractivity contribution in [1.82, 2.24) is 4.31 Å². The van der Waals surface area contributed by atoms with Crippen molar-refractivity contribution in [3.05, 3.63) is 23.8 Å². The fraction of sp³-hybridized carbons (Fsp3) is 0.222. The topological polar surface area (TPSA) is 107 Å². The number of carboxylic acids is 1. The molecule has 0 aliphatic carbocycles. The van der Waals surface area contributed by atoms with Crippen LogP contribution in [0.4, 0.5) is 5.69 Å². The largest absolute Gasteiger partial charge is 0.506 e. The number of phenols is 1.